The van der Waals surface area contributed by atoms with Crippen molar-refractivity contribution in [3.05, 3.63) is 93.8 Å². The Kier molecular flexibility index (Phi) is 6.96. The summed E-state index contributed by atoms with van der Waals surface area (Å²) in [7, 11) is 1.39. The summed E-state index contributed by atoms with van der Waals surface area (Å²) in [6.45, 7) is 5.86. The first-order valence-corrected chi connectivity index (χ1v) is 14.6. The fraction of sp³-hybridized carbons (Fsp3) is 0.344. The van der Waals surface area contributed by atoms with Gasteiger partial charge in [0.2, 0.25) is 0 Å². The van der Waals surface area contributed by atoms with Crippen LogP contribution in [0, 0.1) is 5.82 Å². The number of rotatable bonds is 7. The lowest BCUT2D eigenvalue weighted by Crippen LogP contribution is -2.38. The van der Waals surface area contributed by atoms with Gasteiger partial charge in [0.05, 0.1) is 60.0 Å². The quantitative estimate of drug-likeness (QED) is 0.220. The van der Waals surface area contributed by atoms with Crippen LogP contribution in [0.2, 0.25) is 5.02 Å². The Bertz CT molecular complexity index is 1830. The van der Waals surface area contributed by atoms with Gasteiger partial charge in [-0.2, -0.15) is 0 Å². The average molecular weight is 588 g/mol. The fourth-order valence-electron chi connectivity index (χ4n) is 6.15. The van der Waals surface area contributed by atoms with Gasteiger partial charge in [-0.15, -0.1) is 0 Å². The zero-order chi connectivity index (χ0) is 29.0. The Morgan fingerprint density at radius 2 is 1.95 bits per heavy atom. The molecule has 7 rings (SSSR count). The van der Waals surface area contributed by atoms with Crippen LogP contribution >= 0.6 is 11.6 Å². The van der Waals surface area contributed by atoms with Crippen molar-refractivity contribution in [1.29, 1.82) is 0 Å². The second-order valence-corrected chi connectivity index (χ2v) is 11.5. The summed E-state index contributed by atoms with van der Waals surface area (Å²) in [6.07, 6.45) is 1.58. The molecule has 3 aromatic carbocycles. The lowest BCUT2D eigenvalue weighted by molar-refractivity contribution is -0.0592. The molecule has 0 radical (unpaired) electrons. The Morgan fingerprint density at radius 3 is 2.71 bits per heavy atom. The van der Waals surface area contributed by atoms with Gasteiger partial charge in [0.1, 0.15) is 17.5 Å². The smallest absolute Gasteiger partial charge is 0.337 e. The molecule has 2 aliphatic rings. The number of carbonyl (C=O) groups excluding carboxylic acids is 1. The summed E-state index contributed by atoms with van der Waals surface area (Å²) < 4.78 is 29.8. The van der Waals surface area contributed by atoms with Crippen molar-refractivity contribution in [2.45, 2.75) is 51.5 Å². The number of fused-ring (bicyclic) bond motifs is 4. The molecule has 0 unspecified atom stereocenters. The molecule has 1 fully saturated rings. The number of carbonyl (C=O) groups is 1. The highest BCUT2D eigenvalue weighted by molar-refractivity contribution is 6.30. The lowest BCUT2D eigenvalue weighted by Gasteiger charge is -2.34. The van der Waals surface area contributed by atoms with E-state index in [1.807, 2.05) is 24.3 Å². The van der Waals surface area contributed by atoms with Crippen molar-refractivity contribution < 1.29 is 18.7 Å². The zero-order valence-corrected chi connectivity index (χ0v) is 24.3. The van der Waals surface area contributed by atoms with Crippen LogP contribution in [0.5, 0.6) is 0 Å². The molecule has 2 aliphatic heterocycles. The first-order valence-electron chi connectivity index (χ1n) is 14.2. The van der Waals surface area contributed by atoms with Gasteiger partial charge in [-0.1, -0.05) is 29.8 Å². The van der Waals surface area contributed by atoms with Gasteiger partial charge in [0, 0.05) is 31.1 Å². The maximum absolute atomic E-state index is 14.6. The van der Waals surface area contributed by atoms with Crippen LogP contribution in [0.3, 0.4) is 0 Å². The largest absolute Gasteiger partial charge is 0.465 e. The van der Waals surface area contributed by atoms with E-state index in [1.165, 1.54) is 13.2 Å². The van der Waals surface area contributed by atoms with Crippen molar-refractivity contribution in [3.63, 3.8) is 0 Å². The van der Waals surface area contributed by atoms with Gasteiger partial charge in [-0.25, -0.2) is 19.2 Å². The Morgan fingerprint density at radius 1 is 1.10 bits per heavy atom. The number of imidazole rings is 2. The molecule has 2 aromatic heterocycles. The van der Waals surface area contributed by atoms with E-state index < -0.39 is 0 Å². The van der Waals surface area contributed by atoms with Crippen LogP contribution in [0.25, 0.3) is 22.1 Å². The van der Waals surface area contributed by atoms with E-state index in [0.717, 1.165) is 65.4 Å². The molecule has 0 saturated carbocycles. The Labute approximate surface area is 247 Å². The van der Waals surface area contributed by atoms with E-state index in [2.05, 4.69) is 27.0 Å². The number of nitrogens with zero attached hydrogens (tertiary/aromatic N) is 5. The maximum Gasteiger partial charge on any atom is 0.337 e. The van der Waals surface area contributed by atoms with E-state index in [1.54, 1.807) is 18.2 Å². The van der Waals surface area contributed by atoms with Crippen molar-refractivity contribution >= 4 is 39.6 Å². The highest BCUT2D eigenvalue weighted by Gasteiger charge is 2.30. The number of benzene rings is 3. The summed E-state index contributed by atoms with van der Waals surface area (Å²) in [5, 5.41) is 0.387. The van der Waals surface area contributed by atoms with Crippen LogP contribution < -0.4 is 0 Å². The van der Waals surface area contributed by atoms with Crippen molar-refractivity contribution in [1.82, 2.24) is 24.0 Å². The van der Waals surface area contributed by atoms with E-state index in [0.29, 0.717) is 35.7 Å². The van der Waals surface area contributed by atoms with E-state index in [9.17, 15) is 9.18 Å². The monoisotopic (exact) mass is 587 g/mol. The summed E-state index contributed by atoms with van der Waals surface area (Å²) in [5.41, 5.74) is 5.79. The third-order valence-electron chi connectivity index (χ3n) is 8.59. The minimum atomic E-state index is -0.368. The topological polar surface area (TPSA) is 74.4 Å². The molecule has 0 bridgehead atoms. The van der Waals surface area contributed by atoms with Gasteiger partial charge in [0.15, 0.2) is 0 Å². The molecule has 4 heterocycles. The zero-order valence-electron chi connectivity index (χ0n) is 23.5. The normalized spacial score (nSPS) is 18.8. The van der Waals surface area contributed by atoms with Crippen LogP contribution in [0.15, 0.2) is 54.6 Å². The van der Waals surface area contributed by atoms with Gasteiger partial charge >= 0.3 is 5.97 Å². The lowest BCUT2D eigenvalue weighted by atomic mass is 10.0. The highest BCUT2D eigenvalue weighted by atomic mass is 35.5. The number of para-hydroxylation sites is 1. The molecule has 1 saturated heterocycles. The molecule has 0 aliphatic carbocycles. The number of esters is 1. The molecule has 0 N–H and O–H groups in total. The van der Waals surface area contributed by atoms with Gasteiger partial charge in [0.25, 0.3) is 0 Å². The third kappa shape index (κ3) is 4.75. The third-order valence-corrected chi connectivity index (χ3v) is 8.83. The molecule has 0 spiro atoms. The first kappa shape index (κ1) is 27.1. The average Bonchev–Trinajstić information content (AvgIpc) is 3.51. The van der Waals surface area contributed by atoms with Gasteiger partial charge in [-0.3, -0.25) is 4.90 Å². The second kappa shape index (κ2) is 10.8. The number of hydrogen-bond donors (Lipinski definition) is 0. The minimum absolute atomic E-state index is 0.0325. The van der Waals surface area contributed by atoms with Crippen molar-refractivity contribution in [2.24, 2.45) is 0 Å². The fourth-order valence-corrected chi connectivity index (χ4v) is 6.31. The van der Waals surface area contributed by atoms with Crippen LogP contribution in [-0.2, 0) is 35.5 Å². The van der Waals surface area contributed by atoms with E-state index in [4.69, 9.17) is 31.0 Å². The highest BCUT2D eigenvalue weighted by Crippen LogP contribution is 2.33. The number of methoxy groups -OCH3 is 1. The molecule has 216 valence electrons. The summed E-state index contributed by atoms with van der Waals surface area (Å²) in [5.74, 6) is 1.24. The summed E-state index contributed by atoms with van der Waals surface area (Å²) in [4.78, 5) is 24.8. The predicted octanol–water partition coefficient (Wildman–Crippen LogP) is 5.92. The predicted molar refractivity (Wildman–Crippen MR) is 158 cm³/mol. The molecule has 0 amide bonds. The van der Waals surface area contributed by atoms with Crippen LogP contribution in [0.1, 0.15) is 52.5 Å². The van der Waals surface area contributed by atoms with Crippen molar-refractivity contribution in [3.8, 4) is 0 Å². The Hall–Kier alpha value is -3.79. The molecular weight excluding hydrogens is 557 g/mol. The van der Waals surface area contributed by atoms with Gasteiger partial charge < -0.3 is 18.6 Å². The second-order valence-electron chi connectivity index (χ2n) is 11.1. The molecule has 10 heteroatoms. The van der Waals surface area contributed by atoms with Crippen LogP contribution in [-0.4, -0.2) is 56.3 Å². The standard InChI is InChI=1S/C32H31ClFN5O3/c1-19-31-36-30-21(14-20-6-8-23(33)16-25(20)34)4-3-5-27(30)38(31)12-11-37(19)18-29-35-26-9-7-22(32(40)41-2)15-28(26)39(29)17-24-10-13-42-24/h3-9,15-16,19,24H,10-14,17-18H2,1-2H3/t19-,24-/m0/s1. The molecule has 42 heavy (non-hydrogen) atoms. The minimum Gasteiger partial charge on any atom is -0.465 e. The van der Waals surface area contributed by atoms with Gasteiger partial charge in [-0.05, 0) is 60.9 Å². The number of ether oxygens (including phenoxy) is 2. The molecular formula is C32H31ClFN5O3. The SMILES string of the molecule is COC(=O)c1ccc2nc(CN3CCn4c(nc5c(Cc6ccc(Cl)cc6F)cccc54)[C@@H]3C)n(C[C@@H]3CCO3)c2c1. The summed E-state index contributed by atoms with van der Waals surface area (Å²) >= 11 is 5.97. The Balaban J connectivity index is 1.20. The number of aromatic nitrogens is 4. The van der Waals surface area contributed by atoms with Crippen molar-refractivity contribution in [2.75, 3.05) is 20.3 Å². The molecule has 2 atom stereocenters. The maximum atomic E-state index is 14.6. The summed E-state index contributed by atoms with van der Waals surface area (Å²) in [6, 6.07) is 16.5. The van der Waals surface area contributed by atoms with Crippen LogP contribution in [0.4, 0.5) is 4.39 Å². The first-order chi connectivity index (χ1) is 20.4. The number of halogens is 2. The van der Waals surface area contributed by atoms with E-state index in [-0.39, 0.29) is 23.9 Å². The number of hydrogen-bond acceptors (Lipinski definition) is 6. The molecule has 8 nitrogen and oxygen atoms in total. The molecule has 5 aromatic rings. The van der Waals surface area contributed by atoms with E-state index >= 15 is 0 Å².